The van der Waals surface area contributed by atoms with E-state index in [0.717, 1.165) is 35.9 Å². The molecule has 1 N–H and O–H groups in total. The van der Waals surface area contributed by atoms with Gasteiger partial charge in [0.15, 0.2) is 0 Å². The fourth-order valence-corrected chi connectivity index (χ4v) is 6.83. The average molecular weight is 522 g/mol. The molecule has 1 heterocycles. The summed E-state index contributed by atoms with van der Waals surface area (Å²) in [5.41, 5.74) is 2.30. The van der Waals surface area contributed by atoms with Crippen molar-refractivity contribution < 1.29 is 18.0 Å². The van der Waals surface area contributed by atoms with E-state index in [1.54, 1.807) is 24.3 Å². The van der Waals surface area contributed by atoms with Crippen molar-refractivity contribution in [2.75, 3.05) is 29.8 Å². The van der Waals surface area contributed by atoms with E-state index < -0.39 is 16.1 Å². The predicted molar refractivity (Wildman–Crippen MR) is 149 cm³/mol. The number of hydrogen-bond donors (Lipinski definition) is 1. The zero-order valence-electron chi connectivity index (χ0n) is 21.7. The Bertz CT molecular complexity index is 1400. The van der Waals surface area contributed by atoms with Crippen LogP contribution in [-0.4, -0.2) is 46.8 Å². The number of ketones is 1. The number of para-hydroxylation sites is 1. The molecule has 1 aliphatic heterocycles. The number of carbonyl (C=O) groups is 2. The van der Waals surface area contributed by atoms with Crippen LogP contribution in [0.2, 0.25) is 0 Å². The van der Waals surface area contributed by atoms with Crippen molar-refractivity contribution in [1.82, 2.24) is 5.32 Å². The van der Waals surface area contributed by atoms with Crippen LogP contribution < -0.4 is 14.5 Å². The third kappa shape index (κ3) is 5.49. The van der Waals surface area contributed by atoms with Gasteiger partial charge in [-0.05, 0) is 36.6 Å². The first kappa shape index (κ1) is 26.7. The number of sulfonamides is 1. The summed E-state index contributed by atoms with van der Waals surface area (Å²) >= 11 is 0. The summed E-state index contributed by atoms with van der Waals surface area (Å²) in [5.74, 6) is -0.0571. The van der Waals surface area contributed by atoms with Crippen molar-refractivity contribution in [2.45, 2.75) is 56.4 Å². The molecule has 0 radical (unpaired) electrons. The molecule has 0 aromatic heterocycles. The maximum atomic E-state index is 14.2. The largest absolute Gasteiger partial charge is 0.377 e. The van der Waals surface area contributed by atoms with E-state index in [9.17, 15) is 18.0 Å². The Morgan fingerprint density at radius 3 is 2.43 bits per heavy atom. The van der Waals surface area contributed by atoms with Gasteiger partial charge in [-0.25, -0.2) is 8.42 Å². The molecule has 0 aliphatic carbocycles. The Morgan fingerprint density at radius 2 is 1.68 bits per heavy atom. The third-order valence-electron chi connectivity index (χ3n) is 6.93. The Morgan fingerprint density at radius 1 is 0.946 bits per heavy atom. The van der Waals surface area contributed by atoms with Gasteiger partial charge in [0, 0.05) is 56.4 Å². The molecule has 7 nitrogen and oxygen atoms in total. The third-order valence-corrected chi connectivity index (χ3v) is 8.81. The highest BCUT2D eigenvalue weighted by Crippen LogP contribution is 2.39. The van der Waals surface area contributed by atoms with Gasteiger partial charge in [-0.2, -0.15) is 0 Å². The molecule has 1 amide bonds. The second-order valence-electron chi connectivity index (χ2n) is 9.67. The molecule has 0 bridgehead atoms. The normalized spacial score (nSPS) is 15.0. The van der Waals surface area contributed by atoms with E-state index in [2.05, 4.69) is 5.32 Å². The molecule has 3 aromatic carbocycles. The summed E-state index contributed by atoms with van der Waals surface area (Å²) in [5, 5.41) is 4.40. The molecule has 4 rings (SSSR count). The summed E-state index contributed by atoms with van der Waals surface area (Å²) in [6.07, 6.45) is 3.81. The average Bonchev–Trinajstić information content (AvgIpc) is 3.30. The molecule has 0 spiro atoms. The monoisotopic (exact) mass is 521 g/mol. The summed E-state index contributed by atoms with van der Waals surface area (Å²) in [7, 11) is -0.200. The number of rotatable bonds is 11. The highest BCUT2D eigenvalue weighted by atomic mass is 32.2. The molecule has 1 unspecified atom stereocenters. The van der Waals surface area contributed by atoms with Gasteiger partial charge in [0.05, 0.1) is 10.6 Å². The first-order chi connectivity index (χ1) is 17.8. The van der Waals surface area contributed by atoms with Gasteiger partial charge >= 0.3 is 0 Å². The number of nitrogens with one attached hydrogen (secondary N) is 1. The first-order valence-corrected chi connectivity index (χ1v) is 14.3. The highest BCUT2D eigenvalue weighted by molar-refractivity contribution is 7.93. The van der Waals surface area contributed by atoms with E-state index in [0.29, 0.717) is 36.9 Å². The van der Waals surface area contributed by atoms with Crippen molar-refractivity contribution in [3.05, 3.63) is 66.2 Å². The van der Waals surface area contributed by atoms with Gasteiger partial charge in [0.25, 0.3) is 10.0 Å². The maximum absolute atomic E-state index is 14.2. The van der Waals surface area contributed by atoms with Gasteiger partial charge < -0.3 is 10.2 Å². The van der Waals surface area contributed by atoms with Crippen molar-refractivity contribution in [3.63, 3.8) is 0 Å². The number of nitrogens with zero attached hydrogens (tertiary/aromatic N) is 2. The number of carbonyl (C=O) groups excluding carboxylic acids is 2. The smallest absolute Gasteiger partial charge is 0.265 e. The van der Waals surface area contributed by atoms with Crippen LogP contribution >= 0.6 is 0 Å². The lowest BCUT2D eigenvalue weighted by Gasteiger charge is -2.27. The molecule has 196 valence electrons. The number of unbranched alkanes of at least 4 members (excludes halogenated alkanes) is 2. The molecule has 1 atom stereocenters. The maximum Gasteiger partial charge on any atom is 0.265 e. The minimum absolute atomic E-state index is 0.184. The molecule has 1 aliphatic rings. The number of fused-ring (bicyclic) bond motifs is 2. The lowest BCUT2D eigenvalue weighted by molar-refractivity contribution is -0.122. The standard InChI is InChI=1S/C29H35N3O4S/c1-4-22(33)13-6-5-9-19-30-29(34)27-20-21-12-7-8-16-25(21)32(27)37(35,36)28-18-11-14-23-24(28)15-10-17-26(23)31(2)3/h7-8,10-12,14-18,27H,4-6,9,13,19-20H2,1-3H3,(H,30,34). The predicted octanol–water partition coefficient (Wildman–Crippen LogP) is 4.68. The Labute approximate surface area is 219 Å². The van der Waals surface area contributed by atoms with Crippen LogP contribution in [0.15, 0.2) is 65.6 Å². The van der Waals surface area contributed by atoms with Crippen LogP contribution in [0.4, 0.5) is 11.4 Å². The van der Waals surface area contributed by atoms with Gasteiger partial charge in [0.2, 0.25) is 5.91 Å². The first-order valence-electron chi connectivity index (χ1n) is 12.9. The van der Waals surface area contributed by atoms with Crippen molar-refractivity contribution in [1.29, 1.82) is 0 Å². The topological polar surface area (TPSA) is 86.8 Å². The summed E-state index contributed by atoms with van der Waals surface area (Å²) in [6.45, 7) is 2.31. The second-order valence-corrected chi connectivity index (χ2v) is 11.4. The summed E-state index contributed by atoms with van der Waals surface area (Å²) < 4.78 is 29.7. The van der Waals surface area contributed by atoms with E-state index >= 15 is 0 Å². The van der Waals surface area contributed by atoms with Crippen LogP contribution in [0.1, 0.15) is 44.6 Å². The molecule has 37 heavy (non-hydrogen) atoms. The zero-order chi connectivity index (χ0) is 26.6. The van der Waals surface area contributed by atoms with Crippen LogP contribution in [0.3, 0.4) is 0 Å². The highest BCUT2D eigenvalue weighted by Gasteiger charge is 2.42. The molecule has 3 aromatic rings. The van der Waals surface area contributed by atoms with Gasteiger partial charge in [-0.3, -0.25) is 13.9 Å². The number of amides is 1. The SMILES string of the molecule is CCC(=O)CCCCCNC(=O)C1Cc2ccccc2N1S(=O)(=O)c1cccc2c(N(C)C)cccc12. The molecule has 0 saturated carbocycles. The lowest BCUT2D eigenvalue weighted by Crippen LogP contribution is -2.48. The Hall–Kier alpha value is -3.39. The van der Waals surface area contributed by atoms with Crippen molar-refractivity contribution in [3.8, 4) is 0 Å². The minimum Gasteiger partial charge on any atom is -0.377 e. The van der Waals surface area contributed by atoms with Crippen LogP contribution in [0.5, 0.6) is 0 Å². The summed E-state index contributed by atoms with van der Waals surface area (Å²) in [4.78, 5) is 26.9. The van der Waals surface area contributed by atoms with Crippen LogP contribution in [-0.2, 0) is 26.0 Å². The van der Waals surface area contributed by atoms with Crippen LogP contribution in [0, 0.1) is 0 Å². The Balaban J connectivity index is 1.61. The van der Waals surface area contributed by atoms with E-state index in [-0.39, 0.29) is 16.6 Å². The molecular weight excluding hydrogens is 486 g/mol. The fourth-order valence-electron chi connectivity index (χ4n) is 4.97. The van der Waals surface area contributed by atoms with Gasteiger partial charge in [-0.15, -0.1) is 0 Å². The van der Waals surface area contributed by atoms with Crippen molar-refractivity contribution >= 4 is 43.9 Å². The quantitative estimate of drug-likeness (QED) is 0.370. The van der Waals surface area contributed by atoms with Gasteiger partial charge in [0.1, 0.15) is 11.8 Å². The molecule has 0 fully saturated rings. The second kappa shape index (κ2) is 11.3. The zero-order valence-corrected chi connectivity index (χ0v) is 22.6. The van der Waals surface area contributed by atoms with Crippen molar-refractivity contribution in [2.24, 2.45) is 0 Å². The fraction of sp³-hybridized carbons (Fsp3) is 0.379. The van der Waals surface area contributed by atoms with Gasteiger partial charge in [-0.1, -0.05) is 55.8 Å². The van der Waals surface area contributed by atoms with Crippen LogP contribution in [0.25, 0.3) is 10.8 Å². The Kier molecular flexibility index (Phi) is 8.17. The molecule has 0 saturated heterocycles. The van der Waals surface area contributed by atoms with E-state index in [1.165, 1.54) is 4.31 Å². The lowest BCUT2D eigenvalue weighted by atomic mass is 10.1. The van der Waals surface area contributed by atoms with E-state index in [4.69, 9.17) is 0 Å². The number of benzene rings is 3. The minimum atomic E-state index is -4.05. The number of hydrogen-bond acceptors (Lipinski definition) is 5. The molecule has 8 heteroatoms. The van der Waals surface area contributed by atoms with E-state index in [1.807, 2.05) is 62.3 Å². The molecular formula is C29H35N3O4S. The number of Topliss-reactive ketones (excluding diaryl/α,β-unsaturated/α-hetero) is 1. The summed E-state index contributed by atoms with van der Waals surface area (Å²) in [6, 6.07) is 17.4. The number of anilines is 2.